The number of benzene rings is 3. The van der Waals surface area contributed by atoms with Crippen LogP contribution in [0.4, 0.5) is 11.4 Å². The molecule has 2 fully saturated rings. The maximum Gasteiger partial charge on any atom is 0.228 e. The van der Waals surface area contributed by atoms with Crippen LogP contribution in [-0.4, -0.2) is 77.9 Å². The quantitative estimate of drug-likeness (QED) is 0.242. The number of morpholine rings is 1. The molecule has 1 aliphatic carbocycles. The molecule has 0 spiro atoms. The van der Waals surface area contributed by atoms with Crippen LogP contribution in [0.3, 0.4) is 0 Å². The second-order valence-electron chi connectivity index (χ2n) is 15.0. The normalized spacial score (nSPS) is 20.8. The van der Waals surface area contributed by atoms with Crippen LogP contribution in [0.25, 0.3) is 0 Å². The first-order valence-electron chi connectivity index (χ1n) is 18.3. The van der Waals surface area contributed by atoms with Gasteiger partial charge in [-0.2, -0.15) is 0 Å². The fourth-order valence-electron chi connectivity index (χ4n) is 8.09. The Morgan fingerprint density at radius 1 is 0.942 bits per heavy atom. The van der Waals surface area contributed by atoms with Gasteiger partial charge in [-0.15, -0.1) is 0 Å². The molecule has 3 aromatic carbocycles. The second-order valence-corrected chi connectivity index (χ2v) is 15.4. The van der Waals surface area contributed by atoms with Crippen LogP contribution in [0.1, 0.15) is 69.5 Å². The van der Waals surface area contributed by atoms with Crippen molar-refractivity contribution in [2.75, 3.05) is 49.6 Å². The lowest BCUT2D eigenvalue weighted by molar-refractivity contribution is -0.135. The third-order valence-electron chi connectivity index (χ3n) is 10.7. The molecule has 3 aromatic rings. The van der Waals surface area contributed by atoms with Crippen LogP contribution in [0.2, 0.25) is 5.02 Å². The van der Waals surface area contributed by atoms with Gasteiger partial charge in [-0.05, 0) is 60.1 Å². The predicted molar refractivity (Wildman–Crippen MR) is 200 cm³/mol. The number of hydrogen-bond donors (Lipinski definition) is 2. The molecule has 52 heavy (non-hydrogen) atoms. The number of halogens is 1. The smallest absolute Gasteiger partial charge is 0.228 e. The Morgan fingerprint density at radius 2 is 1.67 bits per heavy atom. The number of Topliss-reactive ketones (excluding diaryl/α,β-unsaturated/α-hetero) is 1. The van der Waals surface area contributed by atoms with Gasteiger partial charge in [0.05, 0.1) is 24.9 Å². The number of aromatic hydroxyl groups is 1. The van der Waals surface area contributed by atoms with Gasteiger partial charge in [-0.1, -0.05) is 67.9 Å². The van der Waals surface area contributed by atoms with Crippen molar-refractivity contribution in [3.8, 4) is 11.5 Å². The Hall–Kier alpha value is -4.38. The zero-order valence-electron chi connectivity index (χ0n) is 29.9. The number of carbonyl (C=O) groups is 3. The van der Waals surface area contributed by atoms with Gasteiger partial charge < -0.3 is 24.8 Å². The van der Waals surface area contributed by atoms with Crippen LogP contribution in [0.5, 0.6) is 11.5 Å². The highest BCUT2D eigenvalue weighted by Crippen LogP contribution is 2.51. The Balaban J connectivity index is 1.18. The molecule has 0 saturated carbocycles. The lowest BCUT2D eigenvalue weighted by Crippen LogP contribution is -2.50. The summed E-state index contributed by atoms with van der Waals surface area (Å²) in [4.78, 5) is 48.3. The van der Waals surface area contributed by atoms with Crippen LogP contribution in [0, 0.1) is 5.41 Å². The summed E-state index contributed by atoms with van der Waals surface area (Å²) in [6.45, 7) is 9.04. The number of nitrogens with zero attached hydrogens (tertiary/aromatic N) is 3. The summed E-state index contributed by atoms with van der Waals surface area (Å²) in [6, 6.07) is 19.6. The van der Waals surface area contributed by atoms with Crippen molar-refractivity contribution in [3.05, 3.63) is 94.1 Å². The minimum absolute atomic E-state index is 0.0265. The Kier molecular flexibility index (Phi) is 10.6. The summed E-state index contributed by atoms with van der Waals surface area (Å²) >= 11 is 7.07. The molecular weight excluding hydrogens is 680 g/mol. The maximum atomic E-state index is 14.6. The lowest BCUT2D eigenvalue weighted by atomic mass is 9.73. The summed E-state index contributed by atoms with van der Waals surface area (Å²) in [5.74, 6) is -0.0134. The molecular formula is C41H47ClN4O6. The maximum absolute atomic E-state index is 14.6. The Labute approximate surface area is 310 Å². The Morgan fingerprint density at radius 3 is 2.40 bits per heavy atom. The van der Waals surface area contributed by atoms with Gasteiger partial charge in [0.1, 0.15) is 23.8 Å². The van der Waals surface area contributed by atoms with Gasteiger partial charge >= 0.3 is 0 Å². The number of ketones is 1. The highest BCUT2D eigenvalue weighted by molar-refractivity contribution is 6.31. The first kappa shape index (κ1) is 36.0. The second kappa shape index (κ2) is 15.3. The van der Waals surface area contributed by atoms with Gasteiger partial charge in [-0.25, -0.2) is 0 Å². The first-order chi connectivity index (χ1) is 25.1. The molecule has 274 valence electrons. The van der Waals surface area contributed by atoms with E-state index < -0.39 is 6.04 Å². The summed E-state index contributed by atoms with van der Waals surface area (Å²) in [7, 11) is 0. The largest absolute Gasteiger partial charge is 0.506 e. The third kappa shape index (κ3) is 7.70. The standard InChI is InChI=1S/C41H47ClN4O6/c1-41(2)24-32-38(35(48)25-41)40(30-12-11-29(23-31(30)42)52-26-27-7-4-3-5-8-27)46(33-9-6-10-34(47)39(33)43-32)37(50)14-13-36(49)45-17-15-28(16-18-45)44-19-21-51-22-20-44/h3-12,23,28,40,43,47H,13-22,24-26H2,1-2H3/t40-/m0/s1. The van der Waals surface area contributed by atoms with E-state index in [4.69, 9.17) is 21.1 Å². The molecule has 2 saturated heterocycles. The van der Waals surface area contributed by atoms with Crippen molar-refractivity contribution in [1.29, 1.82) is 0 Å². The van der Waals surface area contributed by atoms with Gasteiger partial charge in [0.25, 0.3) is 0 Å². The monoisotopic (exact) mass is 726 g/mol. The van der Waals surface area contributed by atoms with Crippen molar-refractivity contribution in [2.45, 2.75) is 71.1 Å². The molecule has 11 heteroatoms. The first-order valence-corrected chi connectivity index (χ1v) is 18.7. The molecule has 7 rings (SSSR count). The molecule has 3 aliphatic heterocycles. The lowest BCUT2D eigenvalue weighted by Gasteiger charge is -2.40. The van der Waals surface area contributed by atoms with E-state index in [9.17, 15) is 19.5 Å². The van der Waals surface area contributed by atoms with E-state index in [2.05, 4.69) is 10.2 Å². The van der Waals surface area contributed by atoms with Crippen LogP contribution < -0.4 is 15.0 Å². The zero-order chi connectivity index (χ0) is 36.4. The van der Waals surface area contributed by atoms with E-state index in [-0.39, 0.29) is 48.0 Å². The number of allylic oxidation sites excluding steroid dienone is 1. The van der Waals surface area contributed by atoms with Crippen molar-refractivity contribution in [3.63, 3.8) is 0 Å². The average molecular weight is 727 g/mol. The molecule has 0 radical (unpaired) electrons. The van der Waals surface area contributed by atoms with Gasteiger partial charge in [0.15, 0.2) is 5.78 Å². The fraction of sp³-hybridized carbons (Fsp3) is 0.439. The molecule has 3 heterocycles. The number of phenolic OH excluding ortho intramolecular Hbond substituents is 1. The zero-order valence-corrected chi connectivity index (χ0v) is 30.7. The minimum atomic E-state index is -0.906. The number of anilines is 2. The summed E-state index contributed by atoms with van der Waals surface area (Å²) in [6.07, 6.45) is 2.54. The molecule has 0 bridgehead atoms. The van der Waals surface area contributed by atoms with E-state index in [0.717, 1.165) is 44.7 Å². The number of nitrogens with one attached hydrogen (secondary N) is 1. The summed E-state index contributed by atoms with van der Waals surface area (Å²) in [5.41, 5.74) is 3.03. The number of para-hydroxylation sites is 1. The predicted octanol–water partition coefficient (Wildman–Crippen LogP) is 6.87. The number of ether oxygens (including phenoxy) is 2. The number of hydrogen-bond acceptors (Lipinski definition) is 8. The highest BCUT2D eigenvalue weighted by Gasteiger charge is 2.44. The molecule has 2 amide bonds. The van der Waals surface area contributed by atoms with Gasteiger partial charge in [0, 0.05) is 67.8 Å². The number of piperidine rings is 1. The molecule has 0 unspecified atom stereocenters. The van der Waals surface area contributed by atoms with Crippen LogP contribution >= 0.6 is 11.6 Å². The molecule has 10 nitrogen and oxygen atoms in total. The number of rotatable bonds is 8. The number of fused-ring (bicyclic) bond motifs is 1. The van der Waals surface area contributed by atoms with E-state index in [1.165, 1.54) is 0 Å². The van der Waals surface area contributed by atoms with E-state index in [1.54, 1.807) is 35.2 Å². The van der Waals surface area contributed by atoms with Crippen molar-refractivity contribution in [1.82, 2.24) is 9.80 Å². The summed E-state index contributed by atoms with van der Waals surface area (Å²) in [5, 5.41) is 14.9. The number of phenols is 1. The molecule has 4 aliphatic rings. The summed E-state index contributed by atoms with van der Waals surface area (Å²) < 4.78 is 11.6. The number of likely N-dealkylation sites (tertiary alicyclic amines) is 1. The van der Waals surface area contributed by atoms with E-state index >= 15 is 0 Å². The molecule has 0 aromatic heterocycles. The number of carbonyl (C=O) groups excluding carboxylic acids is 3. The van der Waals surface area contributed by atoms with Crippen molar-refractivity contribution in [2.24, 2.45) is 5.41 Å². The van der Waals surface area contributed by atoms with Crippen molar-refractivity contribution >= 4 is 40.6 Å². The topological polar surface area (TPSA) is 112 Å². The van der Waals surface area contributed by atoms with Crippen molar-refractivity contribution < 1.29 is 29.0 Å². The average Bonchev–Trinajstić information content (AvgIpc) is 3.28. The van der Waals surface area contributed by atoms with E-state index in [0.29, 0.717) is 71.1 Å². The Bertz CT molecular complexity index is 1850. The van der Waals surface area contributed by atoms with Crippen LogP contribution in [-0.2, 0) is 25.7 Å². The van der Waals surface area contributed by atoms with Gasteiger partial charge in [-0.3, -0.25) is 24.2 Å². The minimum Gasteiger partial charge on any atom is -0.506 e. The van der Waals surface area contributed by atoms with Crippen LogP contribution in [0.15, 0.2) is 78.0 Å². The third-order valence-corrected chi connectivity index (χ3v) is 11.1. The fourth-order valence-corrected chi connectivity index (χ4v) is 8.36. The van der Waals surface area contributed by atoms with E-state index in [1.807, 2.05) is 55.1 Å². The number of amides is 2. The SMILES string of the molecule is CC1(C)CC(=O)C2=C(C1)Nc1c(O)cccc1N(C(=O)CCC(=O)N1CCC(N3CCOCC3)CC1)[C@H]2c1ccc(OCc2ccccc2)cc1Cl. The molecule has 2 N–H and O–H groups in total. The van der Waals surface area contributed by atoms with Gasteiger partial charge in [0.2, 0.25) is 11.8 Å². The highest BCUT2D eigenvalue weighted by atomic mass is 35.5. The molecule has 1 atom stereocenters.